The monoisotopic (exact) mass is 146 g/mol. The van der Waals surface area contributed by atoms with Crippen molar-refractivity contribution in [2.75, 3.05) is 7.05 Å². The van der Waals surface area contributed by atoms with Gasteiger partial charge in [-0.3, -0.25) is 0 Å². The Morgan fingerprint density at radius 3 is 2.00 bits per heavy atom. The molecule has 9 heavy (non-hydrogen) atoms. The number of rotatable bonds is 2. The van der Waals surface area contributed by atoms with Crippen LogP contribution in [0, 0.1) is 5.41 Å². The van der Waals surface area contributed by atoms with E-state index in [0.29, 0.717) is 10.7 Å². The summed E-state index contributed by atoms with van der Waals surface area (Å²) in [5.74, 6) is 0. The molecule has 0 aromatic carbocycles. The molecule has 0 radical (unpaired) electrons. The van der Waals surface area contributed by atoms with Crippen molar-refractivity contribution in [2.24, 2.45) is 0 Å². The van der Waals surface area contributed by atoms with Gasteiger partial charge in [0.05, 0.1) is 5.03 Å². The fourth-order valence-electron chi connectivity index (χ4n) is 0.391. The molecule has 3 heteroatoms. The Kier molecular flexibility index (Phi) is 3.32. The molecule has 0 bridgehead atoms. The van der Waals surface area contributed by atoms with Gasteiger partial charge in [-0.15, -0.1) is 0 Å². The number of halogens is 1. The second kappa shape index (κ2) is 3.51. The Labute approximate surface area is 60.4 Å². The van der Waals surface area contributed by atoms with Gasteiger partial charge in [-0.05, 0) is 13.8 Å². The maximum absolute atomic E-state index is 7.10. The molecule has 0 heterocycles. The third-order valence-corrected chi connectivity index (χ3v) is 1.60. The normalized spacial score (nSPS) is 12.4. The third-order valence-electron chi connectivity index (χ3n) is 1.03. The van der Waals surface area contributed by atoms with Crippen LogP contribution in [0.1, 0.15) is 13.8 Å². The highest BCUT2D eigenvalue weighted by Gasteiger charge is 1.97. The predicted octanol–water partition coefficient (Wildman–Crippen LogP) is 1.72. The summed E-state index contributed by atoms with van der Waals surface area (Å²) in [6.07, 6.45) is 0. The Morgan fingerprint density at radius 1 is 1.44 bits per heavy atom. The molecule has 0 aromatic heterocycles. The molecule has 0 atom stereocenters. The van der Waals surface area contributed by atoms with Crippen molar-refractivity contribution in [3.63, 3.8) is 0 Å². The Hall–Kier alpha value is -0.500. The molecule has 0 saturated carbocycles. The van der Waals surface area contributed by atoms with Gasteiger partial charge < -0.3 is 10.7 Å². The molecule has 0 aliphatic rings. The van der Waals surface area contributed by atoms with Crippen LogP contribution in [0.25, 0.3) is 0 Å². The molecule has 0 saturated heterocycles. The topological polar surface area (TPSA) is 35.9 Å². The van der Waals surface area contributed by atoms with Crippen LogP contribution in [0.3, 0.4) is 0 Å². The van der Waals surface area contributed by atoms with E-state index in [2.05, 4.69) is 5.32 Å². The number of hydrogen-bond donors (Lipinski definition) is 2. The van der Waals surface area contributed by atoms with Crippen LogP contribution in [0.5, 0.6) is 0 Å². The molecule has 0 amide bonds. The minimum Gasteiger partial charge on any atom is -0.390 e. The van der Waals surface area contributed by atoms with E-state index in [9.17, 15) is 0 Å². The maximum Gasteiger partial charge on any atom is 0.0796 e. The van der Waals surface area contributed by atoms with Crippen LogP contribution >= 0.6 is 11.6 Å². The zero-order chi connectivity index (χ0) is 7.44. The lowest BCUT2D eigenvalue weighted by Crippen LogP contribution is -2.06. The van der Waals surface area contributed by atoms with Crippen LogP contribution < -0.4 is 5.32 Å². The van der Waals surface area contributed by atoms with E-state index in [-0.39, 0.29) is 0 Å². The van der Waals surface area contributed by atoms with E-state index in [1.165, 1.54) is 0 Å². The first-order valence-electron chi connectivity index (χ1n) is 2.69. The average molecular weight is 147 g/mol. The highest BCUT2D eigenvalue weighted by Crippen LogP contribution is 2.06. The largest absolute Gasteiger partial charge is 0.390 e. The minimum absolute atomic E-state index is 0.392. The van der Waals surface area contributed by atoms with Crippen molar-refractivity contribution in [3.8, 4) is 0 Å². The van der Waals surface area contributed by atoms with Crippen molar-refractivity contribution >= 4 is 17.3 Å². The highest BCUT2D eigenvalue weighted by molar-refractivity contribution is 6.42. The molecule has 2 nitrogen and oxygen atoms in total. The molecule has 0 aromatic rings. The van der Waals surface area contributed by atoms with Crippen molar-refractivity contribution in [3.05, 3.63) is 10.7 Å². The van der Waals surface area contributed by atoms with E-state index in [4.69, 9.17) is 17.0 Å². The molecule has 0 rings (SSSR count). The van der Waals surface area contributed by atoms with Crippen LogP contribution in [0.4, 0.5) is 0 Å². The van der Waals surface area contributed by atoms with Crippen LogP contribution in [-0.2, 0) is 0 Å². The predicted molar refractivity (Wildman–Crippen MR) is 41.0 cm³/mol. The summed E-state index contributed by atoms with van der Waals surface area (Å²) in [6, 6.07) is 0. The Balaban J connectivity index is 4.28. The van der Waals surface area contributed by atoms with Crippen LogP contribution in [0.15, 0.2) is 10.7 Å². The quantitative estimate of drug-likeness (QED) is 0.572. The molecule has 0 aliphatic carbocycles. The molecule has 0 unspecified atom stereocenters. The van der Waals surface area contributed by atoms with Crippen molar-refractivity contribution in [1.82, 2.24) is 5.32 Å². The number of nitrogens with one attached hydrogen (secondary N) is 2. The number of hydrogen-bond acceptors (Lipinski definition) is 2. The van der Waals surface area contributed by atoms with Gasteiger partial charge in [-0.2, -0.15) is 0 Å². The van der Waals surface area contributed by atoms with E-state index >= 15 is 0 Å². The molecule has 0 aliphatic heterocycles. The molecular weight excluding hydrogens is 136 g/mol. The second-order valence-electron chi connectivity index (χ2n) is 1.81. The summed E-state index contributed by atoms with van der Waals surface area (Å²) >= 11 is 5.66. The molecule has 2 N–H and O–H groups in total. The van der Waals surface area contributed by atoms with Gasteiger partial charge in [0.2, 0.25) is 0 Å². The van der Waals surface area contributed by atoms with Gasteiger partial charge in [0.25, 0.3) is 0 Å². The summed E-state index contributed by atoms with van der Waals surface area (Å²) in [5.41, 5.74) is 1.23. The molecule has 52 valence electrons. The first-order chi connectivity index (χ1) is 4.09. The fraction of sp³-hybridized carbons (Fsp3) is 0.500. The summed E-state index contributed by atoms with van der Waals surface area (Å²) in [4.78, 5) is 0. The van der Waals surface area contributed by atoms with E-state index in [1.807, 2.05) is 6.92 Å². The average Bonchev–Trinajstić information content (AvgIpc) is 1.84. The summed E-state index contributed by atoms with van der Waals surface area (Å²) in [6.45, 7) is 3.49. The van der Waals surface area contributed by atoms with Gasteiger partial charge >= 0.3 is 0 Å². The van der Waals surface area contributed by atoms with E-state index < -0.39 is 0 Å². The van der Waals surface area contributed by atoms with Crippen molar-refractivity contribution in [2.45, 2.75) is 13.8 Å². The summed E-state index contributed by atoms with van der Waals surface area (Å²) in [5, 5.41) is 10.5. The highest BCUT2D eigenvalue weighted by atomic mass is 35.5. The Bertz CT molecular complexity index is 149. The Morgan fingerprint density at radius 2 is 1.89 bits per heavy atom. The van der Waals surface area contributed by atoms with Gasteiger partial charge in [-0.1, -0.05) is 11.6 Å². The van der Waals surface area contributed by atoms with Crippen LogP contribution in [0.2, 0.25) is 0 Å². The van der Waals surface area contributed by atoms with Crippen molar-refractivity contribution in [1.29, 1.82) is 5.41 Å². The first-order valence-corrected chi connectivity index (χ1v) is 3.07. The number of allylic oxidation sites excluding steroid dienone is 2. The fourth-order valence-corrected chi connectivity index (χ4v) is 0.485. The molecule has 0 fully saturated rings. The van der Waals surface area contributed by atoms with E-state index in [1.54, 1.807) is 14.0 Å². The SMILES string of the molecule is CN/C(C)=C(/Cl)C(C)=N. The third kappa shape index (κ3) is 2.51. The molecular formula is C6H11ClN2. The second-order valence-corrected chi connectivity index (χ2v) is 2.19. The van der Waals surface area contributed by atoms with Crippen molar-refractivity contribution < 1.29 is 0 Å². The first kappa shape index (κ1) is 8.50. The van der Waals surface area contributed by atoms with Gasteiger partial charge in [0, 0.05) is 18.5 Å². The zero-order valence-corrected chi connectivity index (χ0v) is 6.63. The van der Waals surface area contributed by atoms with Gasteiger partial charge in [-0.25, -0.2) is 0 Å². The molecule has 0 spiro atoms. The van der Waals surface area contributed by atoms with Gasteiger partial charge in [0.15, 0.2) is 0 Å². The lowest BCUT2D eigenvalue weighted by Gasteiger charge is -2.01. The zero-order valence-electron chi connectivity index (χ0n) is 5.88. The maximum atomic E-state index is 7.10. The lowest BCUT2D eigenvalue weighted by atomic mass is 10.3. The van der Waals surface area contributed by atoms with E-state index in [0.717, 1.165) is 5.70 Å². The standard InChI is InChI=1S/C6H11ClN2/c1-4(8)6(7)5(2)9-3/h8-9H,1-3H3/b6-5+,8-4?. The lowest BCUT2D eigenvalue weighted by molar-refractivity contribution is 0.987. The van der Waals surface area contributed by atoms with Gasteiger partial charge in [0.1, 0.15) is 0 Å². The summed E-state index contributed by atoms with van der Waals surface area (Å²) < 4.78 is 0. The smallest absolute Gasteiger partial charge is 0.0796 e. The summed E-state index contributed by atoms with van der Waals surface area (Å²) in [7, 11) is 1.78. The van der Waals surface area contributed by atoms with Crippen LogP contribution in [-0.4, -0.2) is 12.8 Å². The minimum atomic E-state index is 0.392.